The van der Waals surface area contributed by atoms with Crippen LogP contribution in [0.25, 0.3) is 0 Å². The van der Waals surface area contributed by atoms with Crippen molar-refractivity contribution in [2.24, 2.45) is 0 Å². The zero-order valence-corrected chi connectivity index (χ0v) is 24.0. The normalized spacial score (nSPS) is 27.6. The number of hydrogen-bond donors (Lipinski definition) is 0. The first-order chi connectivity index (χ1) is 14.5. The molecule has 0 radical (unpaired) electrons. The summed E-state index contributed by atoms with van der Waals surface area (Å²) >= 11 is 9.90. The van der Waals surface area contributed by atoms with Crippen LogP contribution >= 0.6 is 27.5 Å². The molecule has 2 aliphatic rings. The van der Waals surface area contributed by atoms with Crippen LogP contribution in [0.5, 0.6) is 0 Å². The van der Waals surface area contributed by atoms with Gasteiger partial charge < -0.3 is 13.9 Å². The second-order valence-electron chi connectivity index (χ2n) is 10.9. The minimum absolute atomic E-state index is 0.0622. The fraction of sp³-hybridized carbons (Fsp3) is 0.818. The van der Waals surface area contributed by atoms with Gasteiger partial charge in [0.2, 0.25) is 0 Å². The Kier molecular flexibility index (Phi) is 8.58. The molecule has 4 atom stereocenters. The number of urea groups is 1. The summed E-state index contributed by atoms with van der Waals surface area (Å²) in [5, 5.41) is 0.463. The zero-order chi connectivity index (χ0) is 24.6. The van der Waals surface area contributed by atoms with Gasteiger partial charge in [0.05, 0.1) is 12.2 Å². The standard InChI is InChI=1S/C22H38BrClN2O5Si/c1-10-15-16(31-32(8,9)22(5,6)7)11-17(29-15)25-13-14(12-23)18(24)26(19(25)27)20(28)30-21(2,3)4/h13,15-18H,10-12H2,1-9H3/t15-,16-,17-,18?/m1/s1. The van der Waals surface area contributed by atoms with E-state index in [0.29, 0.717) is 17.3 Å². The second kappa shape index (κ2) is 9.94. The van der Waals surface area contributed by atoms with Crippen LogP contribution in [0.2, 0.25) is 18.1 Å². The minimum atomic E-state index is -2.03. The van der Waals surface area contributed by atoms with Crippen molar-refractivity contribution in [3.63, 3.8) is 0 Å². The van der Waals surface area contributed by atoms with Crippen molar-refractivity contribution in [2.45, 2.75) is 109 Å². The molecule has 10 heteroatoms. The number of carbonyl (C=O) groups excluding carboxylic acids is 2. The monoisotopic (exact) mass is 552 g/mol. The first-order valence-corrected chi connectivity index (χ1v) is 15.6. The lowest BCUT2D eigenvalue weighted by molar-refractivity contribution is -0.0389. The largest absolute Gasteiger partial charge is 0.443 e. The highest BCUT2D eigenvalue weighted by Crippen LogP contribution is 2.41. The zero-order valence-electron chi connectivity index (χ0n) is 20.7. The van der Waals surface area contributed by atoms with E-state index in [9.17, 15) is 9.59 Å². The Morgan fingerprint density at radius 2 is 1.88 bits per heavy atom. The number of carbonyl (C=O) groups is 2. The molecule has 1 fully saturated rings. The highest BCUT2D eigenvalue weighted by molar-refractivity contribution is 9.09. The first kappa shape index (κ1) is 27.6. The van der Waals surface area contributed by atoms with Crippen molar-refractivity contribution in [1.29, 1.82) is 0 Å². The topological polar surface area (TPSA) is 68.3 Å². The van der Waals surface area contributed by atoms with Gasteiger partial charge >= 0.3 is 12.1 Å². The fourth-order valence-corrected chi connectivity index (χ4v) is 5.67. The summed E-state index contributed by atoms with van der Waals surface area (Å²) in [7, 11) is -2.03. The smallest absolute Gasteiger partial charge is 0.420 e. The van der Waals surface area contributed by atoms with E-state index in [1.165, 1.54) is 4.90 Å². The van der Waals surface area contributed by atoms with Gasteiger partial charge in [-0.25, -0.2) is 14.5 Å². The molecule has 184 valence electrons. The van der Waals surface area contributed by atoms with E-state index in [1.54, 1.807) is 27.0 Å². The van der Waals surface area contributed by atoms with Crippen LogP contribution in [0.15, 0.2) is 11.8 Å². The molecule has 1 unspecified atom stereocenters. The first-order valence-electron chi connectivity index (χ1n) is 11.1. The van der Waals surface area contributed by atoms with Gasteiger partial charge in [-0.1, -0.05) is 55.2 Å². The summed E-state index contributed by atoms with van der Waals surface area (Å²) in [6.07, 6.45) is 1.39. The lowest BCUT2D eigenvalue weighted by Gasteiger charge is -2.39. The number of alkyl halides is 2. The Balaban J connectivity index is 2.30. The van der Waals surface area contributed by atoms with E-state index in [-0.39, 0.29) is 17.2 Å². The van der Waals surface area contributed by atoms with Crippen LogP contribution in [0.4, 0.5) is 9.59 Å². The molecule has 0 aromatic rings. The number of rotatable bonds is 5. The van der Waals surface area contributed by atoms with E-state index < -0.39 is 37.8 Å². The van der Waals surface area contributed by atoms with E-state index >= 15 is 0 Å². The van der Waals surface area contributed by atoms with Crippen molar-refractivity contribution >= 4 is 48.0 Å². The predicted octanol–water partition coefficient (Wildman–Crippen LogP) is 6.42. The van der Waals surface area contributed by atoms with Gasteiger partial charge in [-0.2, -0.15) is 0 Å². The Morgan fingerprint density at radius 3 is 2.34 bits per heavy atom. The predicted molar refractivity (Wildman–Crippen MR) is 132 cm³/mol. The van der Waals surface area contributed by atoms with E-state index in [1.807, 2.05) is 0 Å². The quantitative estimate of drug-likeness (QED) is 0.223. The third kappa shape index (κ3) is 6.08. The van der Waals surface area contributed by atoms with E-state index in [4.69, 9.17) is 25.5 Å². The average molecular weight is 554 g/mol. The summed E-state index contributed by atoms with van der Waals surface area (Å²) in [4.78, 5) is 28.6. The summed E-state index contributed by atoms with van der Waals surface area (Å²) in [6, 6.07) is -0.559. The molecule has 0 aromatic carbocycles. The molecule has 2 rings (SSSR count). The minimum Gasteiger partial charge on any atom is -0.443 e. The molecule has 0 aromatic heterocycles. The van der Waals surface area contributed by atoms with Crippen LogP contribution < -0.4 is 0 Å². The van der Waals surface area contributed by atoms with Gasteiger partial charge in [-0.05, 0) is 50.9 Å². The summed E-state index contributed by atoms with van der Waals surface area (Å²) in [5.41, 5.74) is -1.02. The van der Waals surface area contributed by atoms with Crippen LogP contribution in [0.1, 0.15) is 61.3 Å². The van der Waals surface area contributed by atoms with Gasteiger partial charge in [0.1, 0.15) is 17.3 Å². The maximum atomic E-state index is 13.4. The van der Waals surface area contributed by atoms with Crippen molar-refractivity contribution in [3.8, 4) is 0 Å². The maximum absolute atomic E-state index is 13.4. The van der Waals surface area contributed by atoms with Crippen molar-refractivity contribution in [1.82, 2.24) is 9.80 Å². The highest BCUT2D eigenvalue weighted by atomic mass is 79.9. The summed E-state index contributed by atoms with van der Waals surface area (Å²) in [6.45, 7) is 18.3. The molecule has 1 saturated heterocycles. The Hall–Kier alpha value is -0.613. The highest BCUT2D eigenvalue weighted by Gasteiger charge is 2.49. The molecule has 0 spiro atoms. The second-order valence-corrected chi connectivity index (χ2v) is 16.6. The number of hydrogen-bond acceptors (Lipinski definition) is 5. The van der Waals surface area contributed by atoms with Crippen molar-refractivity contribution in [3.05, 3.63) is 11.8 Å². The van der Waals surface area contributed by atoms with Crippen LogP contribution in [0.3, 0.4) is 0 Å². The number of imide groups is 1. The van der Waals surface area contributed by atoms with Gasteiger partial charge in [0.25, 0.3) is 0 Å². The molecule has 2 heterocycles. The third-order valence-electron chi connectivity index (χ3n) is 6.15. The maximum Gasteiger partial charge on any atom is 0.420 e. The molecular formula is C22H38BrClN2O5Si. The molecule has 2 aliphatic heterocycles. The molecule has 7 nitrogen and oxygen atoms in total. The summed E-state index contributed by atoms with van der Waals surface area (Å²) in [5.74, 6) is 0. The Bertz CT molecular complexity index is 750. The third-order valence-corrected chi connectivity index (χ3v) is 11.8. The van der Waals surface area contributed by atoms with Crippen molar-refractivity contribution in [2.75, 3.05) is 5.33 Å². The van der Waals surface area contributed by atoms with E-state index in [2.05, 4.69) is 56.7 Å². The van der Waals surface area contributed by atoms with Crippen LogP contribution in [0, 0.1) is 0 Å². The number of amides is 3. The number of nitrogens with zero attached hydrogens (tertiary/aromatic N) is 2. The molecule has 0 aliphatic carbocycles. The summed E-state index contributed by atoms with van der Waals surface area (Å²) < 4.78 is 18.4. The molecule has 32 heavy (non-hydrogen) atoms. The SMILES string of the molecule is CC[C@H]1O[C@@H](N2C=C(CBr)C(Cl)N(C(=O)OC(C)(C)C)C2=O)C[C@H]1O[Si](C)(C)C(C)(C)C. The number of ether oxygens (including phenoxy) is 2. The average Bonchev–Trinajstić information content (AvgIpc) is 3.01. The fourth-order valence-electron chi connectivity index (χ4n) is 3.38. The van der Waals surface area contributed by atoms with Gasteiger partial charge in [-0.15, -0.1) is 0 Å². The van der Waals surface area contributed by atoms with Crippen LogP contribution in [-0.2, 0) is 13.9 Å². The van der Waals surface area contributed by atoms with Gasteiger partial charge in [0, 0.05) is 18.0 Å². The molecular weight excluding hydrogens is 516 g/mol. The van der Waals surface area contributed by atoms with Crippen LogP contribution in [-0.4, -0.2) is 65.1 Å². The van der Waals surface area contributed by atoms with E-state index in [0.717, 1.165) is 11.3 Å². The molecule has 0 N–H and O–H groups in total. The van der Waals surface area contributed by atoms with Gasteiger partial charge in [0.15, 0.2) is 8.32 Å². The Labute approximate surface area is 207 Å². The lowest BCUT2D eigenvalue weighted by Crippen LogP contribution is -2.56. The molecule has 3 amide bonds. The Morgan fingerprint density at radius 1 is 1.28 bits per heavy atom. The lowest BCUT2D eigenvalue weighted by atomic mass is 10.1. The molecule has 0 bridgehead atoms. The van der Waals surface area contributed by atoms with Gasteiger partial charge in [-0.3, -0.25) is 4.90 Å². The molecule has 0 saturated carbocycles. The van der Waals surface area contributed by atoms with Crippen molar-refractivity contribution < 1.29 is 23.5 Å². The number of halogens is 2.